The Morgan fingerprint density at radius 1 is 1.39 bits per heavy atom. The van der Waals surface area contributed by atoms with Crippen molar-refractivity contribution in [2.45, 2.75) is 6.54 Å². The van der Waals surface area contributed by atoms with E-state index in [0.29, 0.717) is 35.8 Å². The summed E-state index contributed by atoms with van der Waals surface area (Å²) in [4.78, 5) is 15.2. The summed E-state index contributed by atoms with van der Waals surface area (Å²) >= 11 is 0. The summed E-state index contributed by atoms with van der Waals surface area (Å²) < 4.78 is 36.3. The van der Waals surface area contributed by atoms with E-state index in [4.69, 9.17) is 13.7 Å². The molecule has 0 saturated carbocycles. The van der Waals surface area contributed by atoms with Gasteiger partial charge in [0.05, 0.1) is 32.5 Å². The second kappa shape index (κ2) is 7.07. The van der Waals surface area contributed by atoms with Crippen LogP contribution >= 0.6 is 0 Å². The van der Waals surface area contributed by atoms with E-state index in [1.165, 1.54) is 6.33 Å². The quantitative estimate of drug-likeness (QED) is 0.593. The zero-order chi connectivity index (χ0) is 16.9. The topological polar surface area (TPSA) is 143 Å². The number of hydrogen-bond donors (Lipinski definition) is 3. The summed E-state index contributed by atoms with van der Waals surface area (Å²) in [5.41, 5.74) is 1.39. The smallest absolute Gasteiger partial charge is 0.261 e. The molecule has 0 unspecified atom stereocenters. The van der Waals surface area contributed by atoms with Crippen LogP contribution in [0.5, 0.6) is 5.75 Å². The minimum absolute atomic E-state index is 0.474. The van der Waals surface area contributed by atoms with Crippen LogP contribution in [0.1, 0.15) is 5.76 Å². The summed E-state index contributed by atoms with van der Waals surface area (Å²) in [5.74, 6) is 2.09. The lowest BCUT2D eigenvalue weighted by Crippen LogP contribution is -2.02. The standard InChI is InChI=1S/C11H11N5O2.CH4O3S/c1-17-7-2-3-18-8(7)4-12-10-9-11(14-5-13-9)16-6-15-10;1-5(2,3)4/h2-3,5-6H,4H2,1H3,(H2,12,13,14,15,16);1H3,(H,2,3,4). The van der Waals surface area contributed by atoms with Crippen molar-refractivity contribution >= 4 is 27.1 Å². The lowest BCUT2D eigenvalue weighted by molar-refractivity contribution is 0.393. The van der Waals surface area contributed by atoms with Crippen molar-refractivity contribution in [2.75, 3.05) is 18.7 Å². The number of anilines is 1. The first kappa shape index (κ1) is 16.7. The number of rotatable bonds is 4. The van der Waals surface area contributed by atoms with Gasteiger partial charge in [0.1, 0.15) is 11.8 Å². The molecule has 0 saturated heterocycles. The third kappa shape index (κ3) is 4.93. The van der Waals surface area contributed by atoms with Gasteiger partial charge in [0.15, 0.2) is 23.0 Å². The van der Waals surface area contributed by atoms with Crippen molar-refractivity contribution in [3.05, 3.63) is 30.7 Å². The van der Waals surface area contributed by atoms with Gasteiger partial charge in [-0.1, -0.05) is 0 Å². The van der Waals surface area contributed by atoms with Gasteiger partial charge in [-0.2, -0.15) is 8.42 Å². The minimum Gasteiger partial charge on any atom is -0.493 e. The normalized spacial score (nSPS) is 10.9. The molecule has 10 nitrogen and oxygen atoms in total. The lowest BCUT2D eigenvalue weighted by Gasteiger charge is -2.05. The van der Waals surface area contributed by atoms with E-state index >= 15 is 0 Å². The van der Waals surface area contributed by atoms with Crippen molar-refractivity contribution in [1.29, 1.82) is 0 Å². The molecule has 0 aromatic carbocycles. The van der Waals surface area contributed by atoms with Gasteiger partial charge in [0.25, 0.3) is 10.1 Å². The van der Waals surface area contributed by atoms with Gasteiger partial charge >= 0.3 is 0 Å². The fraction of sp³-hybridized carbons (Fsp3) is 0.250. The first-order chi connectivity index (χ1) is 10.9. The van der Waals surface area contributed by atoms with E-state index in [2.05, 4.69) is 25.3 Å². The molecule has 0 radical (unpaired) electrons. The van der Waals surface area contributed by atoms with Crippen molar-refractivity contribution < 1.29 is 22.1 Å². The Balaban J connectivity index is 0.000000338. The van der Waals surface area contributed by atoms with E-state index in [9.17, 15) is 8.42 Å². The van der Waals surface area contributed by atoms with Crippen LogP contribution in [0.3, 0.4) is 0 Å². The molecule has 3 heterocycles. The van der Waals surface area contributed by atoms with Gasteiger partial charge in [-0.25, -0.2) is 15.0 Å². The monoisotopic (exact) mass is 341 g/mol. The summed E-state index contributed by atoms with van der Waals surface area (Å²) in [7, 11) is -2.06. The molecule has 0 aliphatic heterocycles. The first-order valence-corrected chi connectivity index (χ1v) is 8.14. The zero-order valence-electron chi connectivity index (χ0n) is 12.3. The van der Waals surface area contributed by atoms with Crippen LogP contribution in [0, 0.1) is 0 Å². The molecule has 0 fully saturated rings. The second-order valence-electron chi connectivity index (χ2n) is 4.32. The highest BCUT2D eigenvalue weighted by atomic mass is 32.2. The maximum atomic E-state index is 9.19. The van der Waals surface area contributed by atoms with Gasteiger partial charge < -0.3 is 19.5 Å². The number of aromatic amines is 1. The van der Waals surface area contributed by atoms with Crippen LogP contribution in [-0.4, -0.2) is 46.3 Å². The zero-order valence-corrected chi connectivity index (χ0v) is 13.2. The van der Waals surface area contributed by atoms with E-state index < -0.39 is 10.1 Å². The number of nitrogens with one attached hydrogen (secondary N) is 2. The number of methoxy groups -OCH3 is 1. The van der Waals surface area contributed by atoms with Crippen molar-refractivity contribution in [2.24, 2.45) is 0 Å². The molecule has 0 spiro atoms. The van der Waals surface area contributed by atoms with Crippen molar-refractivity contribution in [3.63, 3.8) is 0 Å². The summed E-state index contributed by atoms with van der Waals surface area (Å²) in [5, 5.41) is 3.15. The SMILES string of the molecule is COc1ccoc1CNc1ncnc2nc[nH]c12.CS(=O)(=O)O. The number of furan rings is 1. The lowest BCUT2D eigenvalue weighted by atomic mass is 10.4. The highest BCUT2D eigenvalue weighted by Crippen LogP contribution is 2.21. The van der Waals surface area contributed by atoms with Gasteiger partial charge in [-0.05, 0) is 0 Å². The van der Waals surface area contributed by atoms with Crippen LogP contribution in [0.25, 0.3) is 11.2 Å². The molecule has 124 valence electrons. The average molecular weight is 341 g/mol. The predicted molar refractivity (Wildman–Crippen MR) is 81.7 cm³/mol. The van der Waals surface area contributed by atoms with Crippen molar-refractivity contribution in [3.8, 4) is 5.75 Å². The largest absolute Gasteiger partial charge is 0.493 e. The predicted octanol–water partition coefficient (Wildman–Crippen LogP) is 1.07. The Bertz CT molecular complexity index is 865. The Hall–Kier alpha value is -2.66. The molecule has 11 heteroatoms. The number of nitrogens with zero attached hydrogens (tertiary/aromatic N) is 3. The van der Waals surface area contributed by atoms with E-state index in [1.807, 2.05) is 0 Å². The van der Waals surface area contributed by atoms with Crippen LogP contribution < -0.4 is 10.1 Å². The Labute approximate surface area is 131 Å². The van der Waals surface area contributed by atoms with Crippen LogP contribution in [0.4, 0.5) is 5.82 Å². The average Bonchev–Trinajstić information content (AvgIpc) is 3.11. The summed E-state index contributed by atoms with van der Waals surface area (Å²) in [6.07, 6.45) is 5.34. The molecule has 0 atom stereocenters. The van der Waals surface area contributed by atoms with Crippen LogP contribution in [0.2, 0.25) is 0 Å². The number of imidazole rings is 1. The van der Waals surface area contributed by atoms with E-state index in [-0.39, 0.29) is 0 Å². The maximum Gasteiger partial charge on any atom is 0.261 e. The van der Waals surface area contributed by atoms with Gasteiger partial charge in [0.2, 0.25) is 0 Å². The number of aromatic nitrogens is 4. The van der Waals surface area contributed by atoms with E-state index in [0.717, 1.165) is 5.52 Å². The number of ether oxygens (including phenoxy) is 1. The highest BCUT2D eigenvalue weighted by molar-refractivity contribution is 7.85. The Morgan fingerprint density at radius 3 is 2.83 bits per heavy atom. The molecule has 0 bridgehead atoms. The van der Waals surface area contributed by atoms with Crippen LogP contribution in [-0.2, 0) is 16.7 Å². The number of H-pyrrole nitrogens is 1. The second-order valence-corrected chi connectivity index (χ2v) is 5.79. The third-order valence-electron chi connectivity index (χ3n) is 2.56. The molecule has 3 rings (SSSR count). The molecule has 3 N–H and O–H groups in total. The summed E-state index contributed by atoms with van der Waals surface area (Å²) in [6, 6.07) is 1.77. The molecule has 3 aromatic rings. The highest BCUT2D eigenvalue weighted by Gasteiger charge is 2.09. The van der Waals surface area contributed by atoms with E-state index in [1.54, 1.807) is 25.8 Å². The molecule has 3 aromatic heterocycles. The molecule has 23 heavy (non-hydrogen) atoms. The molecular formula is C12H15N5O5S. The Morgan fingerprint density at radius 2 is 2.13 bits per heavy atom. The first-order valence-electron chi connectivity index (χ1n) is 6.29. The van der Waals surface area contributed by atoms with Gasteiger partial charge in [-0.3, -0.25) is 4.55 Å². The minimum atomic E-state index is -3.67. The number of fused-ring (bicyclic) bond motifs is 1. The van der Waals surface area contributed by atoms with Crippen molar-refractivity contribution in [1.82, 2.24) is 19.9 Å². The molecule has 0 aliphatic rings. The fourth-order valence-electron chi connectivity index (χ4n) is 1.70. The molecular weight excluding hydrogens is 326 g/mol. The number of hydrogen-bond acceptors (Lipinski definition) is 8. The third-order valence-corrected chi connectivity index (χ3v) is 2.56. The maximum absolute atomic E-state index is 9.19. The van der Waals surface area contributed by atoms with Gasteiger partial charge in [-0.15, -0.1) is 0 Å². The van der Waals surface area contributed by atoms with Gasteiger partial charge in [0, 0.05) is 6.07 Å². The Kier molecular flexibility index (Phi) is 5.13. The molecule has 0 amide bonds. The van der Waals surface area contributed by atoms with Crippen LogP contribution in [0.15, 0.2) is 29.4 Å². The fourth-order valence-corrected chi connectivity index (χ4v) is 1.70. The summed E-state index contributed by atoms with van der Waals surface area (Å²) in [6.45, 7) is 0.474. The molecule has 0 aliphatic carbocycles.